The molecule has 3 unspecified atom stereocenters. The fourth-order valence-electron chi connectivity index (χ4n) is 2.79. The molecule has 0 amide bonds. The Bertz CT molecular complexity index is 917. The Morgan fingerprint density at radius 3 is 2.39 bits per heavy atom. The predicted octanol–water partition coefficient (Wildman–Crippen LogP) is 2.78. The molecule has 0 heterocycles. The van der Waals surface area contributed by atoms with Crippen molar-refractivity contribution in [3.8, 4) is 11.5 Å². The van der Waals surface area contributed by atoms with Crippen LogP contribution in [0.4, 0.5) is 0 Å². The third-order valence-corrected chi connectivity index (χ3v) is 4.72. The zero-order valence-electron chi connectivity index (χ0n) is 18.9. The summed E-state index contributed by atoms with van der Waals surface area (Å²) in [5, 5.41) is 27.1. The van der Waals surface area contributed by atoms with E-state index in [1.807, 2.05) is 0 Å². The van der Waals surface area contributed by atoms with Gasteiger partial charge in [-0.1, -0.05) is 18.2 Å². The van der Waals surface area contributed by atoms with Gasteiger partial charge in [-0.2, -0.15) is 0 Å². The lowest BCUT2D eigenvalue weighted by Crippen LogP contribution is -2.25. The number of phenolic OH excluding ortho intramolecular Hbond substituents is 1. The topological polar surface area (TPSA) is 156 Å². The van der Waals surface area contributed by atoms with E-state index in [0.717, 1.165) is 0 Å². The Kier molecular flexibility index (Phi) is 11.6. The number of ether oxygens (including phenoxy) is 2. The number of benzene rings is 1. The van der Waals surface area contributed by atoms with Crippen LogP contribution in [0.15, 0.2) is 48.3 Å². The van der Waals surface area contributed by atoms with Crippen molar-refractivity contribution in [2.45, 2.75) is 38.3 Å². The minimum atomic E-state index is -0.963. The molecule has 0 bridgehead atoms. The summed E-state index contributed by atoms with van der Waals surface area (Å²) in [5.41, 5.74) is 5.52. The van der Waals surface area contributed by atoms with Crippen molar-refractivity contribution in [3.05, 3.63) is 53.8 Å². The number of hydrogen-bond donors (Lipinski definition) is 4. The molecule has 1 aromatic rings. The predicted molar refractivity (Wildman–Crippen MR) is 123 cm³/mol. The van der Waals surface area contributed by atoms with Gasteiger partial charge in [0.1, 0.15) is 17.9 Å². The highest BCUT2D eigenvalue weighted by atomic mass is 16.5. The molecule has 1 aliphatic carbocycles. The van der Waals surface area contributed by atoms with Gasteiger partial charge in [0.2, 0.25) is 0 Å². The SMILES string of the molecule is CC(N)C(=O)O.COc1cc(/C=C/C(=O)CC(=O)/C=C/C2CC=C(O)C(OC)C2)ccc1O. The quantitative estimate of drug-likeness (QED) is 0.321. The van der Waals surface area contributed by atoms with Gasteiger partial charge in [0, 0.05) is 7.11 Å². The number of allylic oxidation sites excluding steroid dienone is 4. The molecule has 0 aliphatic heterocycles. The Labute approximate surface area is 192 Å². The van der Waals surface area contributed by atoms with E-state index in [-0.39, 0.29) is 41.5 Å². The van der Waals surface area contributed by atoms with Gasteiger partial charge < -0.3 is 30.5 Å². The van der Waals surface area contributed by atoms with Crippen LogP contribution in [-0.4, -0.2) is 59.2 Å². The molecule has 1 aliphatic rings. The average Bonchev–Trinajstić information content (AvgIpc) is 2.78. The first-order valence-electron chi connectivity index (χ1n) is 10.3. The molecule has 0 aromatic heterocycles. The fourth-order valence-corrected chi connectivity index (χ4v) is 2.79. The van der Waals surface area contributed by atoms with Gasteiger partial charge in [-0.15, -0.1) is 0 Å². The minimum Gasteiger partial charge on any atom is -0.510 e. The van der Waals surface area contributed by atoms with E-state index in [1.165, 1.54) is 39.4 Å². The number of hydrogen-bond acceptors (Lipinski definition) is 8. The van der Waals surface area contributed by atoms with Crippen LogP contribution >= 0.6 is 0 Å². The largest absolute Gasteiger partial charge is 0.510 e. The number of aliphatic hydroxyl groups is 1. The van der Waals surface area contributed by atoms with E-state index in [0.29, 0.717) is 24.2 Å². The van der Waals surface area contributed by atoms with Gasteiger partial charge >= 0.3 is 5.97 Å². The molecule has 5 N–H and O–H groups in total. The number of carbonyl (C=O) groups excluding carboxylic acids is 2. The van der Waals surface area contributed by atoms with Crippen molar-refractivity contribution >= 4 is 23.6 Å². The van der Waals surface area contributed by atoms with Crippen molar-refractivity contribution in [1.29, 1.82) is 0 Å². The number of nitrogens with two attached hydrogens (primary N) is 1. The van der Waals surface area contributed by atoms with Crippen molar-refractivity contribution in [2.24, 2.45) is 11.7 Å². The second-order valence-electron chi connectivity index (χ2n) is 7.44. The lowest BCUT2D eigenvalue weighted by molar-refractivity contribution is -0.138. The van der Waals surface area contributed by atoms with E-state index >= 15 is 0 Å². The van der Waals surface area contributed by atoms with Gasteiger partial charge in [0.15, 0.2) is 23.1 Å². The van der Waals surface area contributed by atoms with Crippen LogP contribution in [0.2, 0.25) is 0 Å². The fraction of sp³-hybridized carbons (Fsp3) is 0.375. The van der Waals surface area contributed by atoms with Crippen molar-refractivity contribution in [3.63, 3.8) is 0 Å². The Morgan fingerprint density at radius 2 is 1.82 bits per heavy atom. The molecule has 9 heteroatoms. The van der Waals surface area contributed by atoms with Crippen LogP contribution < -0.4 is 10.5 Å². The molecular formula is C24H31NO8. The van der Waals surface area contributed by atoms with Crippen molar-refractivity contribution in [2.75, 3.05) is 14.2 Å². The van der Waals surface area contributed by atoms with Crippen LogP contribution in [0.1, 0.15) is 31.7 Å². The molecular weight excluding hydrogens is 430 g/mol. The maximum atomic E-state index is 12.0. The summed E-state index contributed by atoms with van der Waals surface area (Å²) in [7, 11) is 2.97. The molecule has 2 rings (SSSR count). The molecule has 33 heavy (non-hydrogen) atoms. The Balaban J connectivity index is 0.000000801. The number of phenols is 1. The number of carboxylic acids is 1. The van der Waals surface area contributed by atoms with Crippen LogP contribution in [-0.2, 0) is 19.1 Å². The number of rotatable bonds is 9. The molecule has 0 fully saturated rings. The van der Waals surface area contributed by atoms with Gasteiger partial charge in [-0.05, 0) is 61.6 Å². The second kappa shape index (κ2) is 13.9. The van der Waals surface area contributed by atoms with E-state index < -0.39 is 12.0 Å². The van der Waals surface area contributed by atoms with Crippen LogP contribution in [0.3, 0.4) is 0 Å². The summed E-state index contributed by atoms with van der Waals surface area (Å²) in [6.07, 6.45) is 8.43. The summed E-state index contributed by atoms with van der Waals surface area (Å²) in [6, 6.07) is 3.98. The van der Waals surface area contributed by atoms with E-state index in [1.54, 1.807) is 30.4 Å². The highest BCUT2D eigenvalue weighted by Gasteiger charge is 2.22. The zero-order valence-corrected chi connectivity index (χ0v) is 18.9. The third kappa shape index (κ3) is 10.2. The van der Waals surface area contributed by atoms with Crippen LogP contribution in [0, 0.1) is 5.92 Å². The summed E-state index contributed by atoms with van der Waals surface area (Å²) in [5.74, 6) is -0.915. The first-order valence-corrected chi connectivity index (χ1v) is 10.3. The molecule has 0 radical (unpaired) electrons. The summed E-state index contributed by atoms with van der Waals surface area (Å²) in [6.45, 7) is 1.42. The number of carboxylic acid groups (broad SMARTS) is 1. The molecule has 1 aromatic carbocycles. The van der Waals surface area contributed by atoms with Crippen LogP contribution in [0.25, 0.3) is 6.08 Å². The molecule has 0 saturated carbocycles. The normalized spacial score (nSPS) is 18.8. The lowest BCUT2D eigenvalue weighted by Gasteiger charge is -2.23. The van der Waals surface area contributed by atoms with Crippen molar-refractivity contribution < 1.29 is 39.2 Å². The second-order valence-corrected chi connectivity index (χ2v) is 7.44. The number of carbonyl (C=O) groups is 3. The van der Waals surface area contributed by atoms with Crippen LogP contribution in [0.5, 0.6) is 11.5 Å². The smallest absolute Gasteiger partial charge is 0.320 e. The van der Waals surface area contributed by atoms with Gasteiger partial charge in [-0.3, -0.25) is 14.4 Å². The van der Waals surface area contributed by atoms with E-state index in [4.69, 9.17) is 20.3 Å². The third-order valence-electron chi connectivity index (χ3n) is 4.72. The number of aliphatic hydroxyl groups excluding tert-OH is 1. The zero-order chi connectivity index (χ0) is 25.0. The average molecular weight is 462 g/mol. The highest BCUT2D eigenvalue weighted by molar-refractivity contribution is 6.09. The number of methoxy groups -OCH3 is 2. The Hall–Kier alpha value is -3.43. The number of aliphatic carboxylic acids is 1. The highest BCUT2D eigenvalue weighted by Crippen LogP contribution is 2.27. The van der Waals surface area contributed by atoms with Gasteiger partial charge in [0.05, 0.1) is 13.5 Å². The Morgan fingerprint density at radius 1 is 1.18 bits per heavy atom. The molecule has 0 saturated heterocycles. The molecule has 9 nitrogen and oxygen atoms in total. The van der Waals surface area contributed by atoms with Crippen molar-refractivity contribution in [1.82, 2.24) is 0 Å². The monoisotopic (exact) mass is 461 g/mol. The standard InChI is InChI=1S/C21H24O6.C3H7NO2/c1-26-20-11-14(5-9-18(20)24)3-7-16(22)13-17(23)8-4-15-6-10-19(25)21(12-15)27-2;1-2(4)3(5)6/h3-5,7-11,15,21,24-25H,6,12-13H2,1-2H3;2H,4H2,1H3,(H,5,6)/b7-3+,8-4+;. The summed E-state index contributed by atoms with van der Waals surface area (Å²) < 4.78 is 10.2. The number of ketones is 2. The molecule has 180 valence electrons. The summed E-state index contributed by atoms with van der Waals surface area (Å²) >= 11 is 0. The molecule has 0 spiro atoms. The first-order chi connectivity index (χ1) is 15.6. The maximum absolute atomic E-state index is 12.0. The number of aromatic hydroxyl groups is 1. The van der Waals surface area contributed by atoms with Gasteiger partial charge in [-0.25, -0.2) is 0 Å². The minimum absolute atomic E-state index is 0.0166. The van der Waals surface area contributed by atoms with E-state index in [9.17, 15) is 24.6 Å². The molecule has 3 atom stereocenters. The first kappa shape index (κ1) is 27.6. The maximum Gasteiger partial charge on any atom is 0.320 e. The summed E-state index contributed by atoms with van der Waals surface area (Å²) in [4.78, 5) is 33.5. The van der Waals surface area contributed by atoms with E-state index in [2.05, 4.69) is 0 Å². The lowest BCUT2D eigenvalue weighted by atomic mass is 9.90. The van der Waals surface area contributed by atoms with Gasteiger partial charge in [0.25, 0.3) is 0 Å².